The second-order valence-electron chi connectivity index (χ2n) is 10.00. The minimum absolute atomic E-state index is 0.188. The van der Waals surface area contributed by atoms with Crippen molar-refractivity contribution < 1.29 is 19.2 Å². The first kappa shape index (κ1) is 24.3. The number of nitrogens with one attached hydrogen (secondary N) is 3. The normalized spacial score (nSPS) is 29.8. The van der Waals surface area contributed by atoms with E-state index < -0.39 is 29.6 Å². The molecule has 3 fully saturated rings. The van der Waals surface area contributed by atoms with Crippen molar-refractivity contribution >= 4 is 23.6 Å². The Kier molecular flexibility index (Phi) is 7.96. The summed E-state index contributed by atoms with van der Waals surface area (Å²) in [6, 6.07) is -2.09. The molecule has 3 N–H and O–H groups in total. The fraction of sp³-hybridized carbons (Fsp3) is 0.750. The quantitative estimate of drug-likeness (QED) is 0.560. The van der Waals surface area contributed by atoms with Crippen molar-refractivity contribution in [2.24, 2.45) is 5.92 Å². The van der Waals surface area contributed by atoms with Gasteiger partial charge in [-0.05, 0) is 51.9 Å². The lowest BCUT2D eigenvalue weighted by atomic mass is 9.84. The van der Waals surface area contributed by atoms with Crippen LogP contribution in [0.15, 0.2) is 12.7 Å². The maximum absolute atomic E-state index is 13.6. The Morgan fingerprint density at radius 2 is 1.69 bits per heavy atom. The Morgan fingerprint density at radius 3 is 2.38 bits per heavy atom. The molecule has 0 unspecified atom stereocenters. The first-order chi connectivity index (χ1) is 15.2. The third kappa shape index (κ3) is 5.70. The minimum Gasteiger partial charge on any atom is -0.343 e. The molecule has 8 nitrogen and oxygen atoms in total. The summed E-state index contributed by atoms with van der Waals surface area (Å²) in [5, 5.41) is 8.55. The number of carbonyl (C=O) groups excluding carboxylic acids is 4. The number of allylic oxidation sites excluding steroid dienone is 1. The van der Waals surface area contributed by atoms with E-state index in [0.29, 0.717) is 38.1 Å². The fourth-order valence-corrected chi connectivity index (χ4v) is 5.09. The van der Waals surface area contributed by atoms with Gasteiger partial charge in [0.1, 0.15) is 23.7 Å². The Labute approximate surface area is 190 Å². The largest absolute Gasteiger partial charge is 0.343 e. The predicted molar refractivity (Wildman–Crippen MR) is 121 cm³/mol. The topological polar surface area (TPSA) is 108 Å². The monoisotopic (exact) mass is 446 g/mol. The van der Waals surface area contributed by atoms with E-state index in [-0.39, 0.29) is 17.7 Å². The van der Waals surface area contributed by atoms with Gasteiger partial charge in [0.2, 0.25) is 23.6 Å². The molecule has 0 aromatic heterocycles. The van der Waals surface area contributed by atoms with Gasteiger partial charge in [0.05, 0.1) is 0 Å². The van der Waals surface area contributed by atoms with Crippen LogP contribution < -0.4 is 16.0 Å². The van der Waals surface area contributed by atoms with Gasteiger partial charge >= 0.3 is 0 Å². The summed E-state index contributed by atoms with van der Waals surface area (Å²) in [7, 11) is 0. The van der Waals surface area contributed by atoms with E-state index in [1.165, 1.54) is 6.42 Å². The van der Waals surface area contributed by atoms with Gasteiger partial charge in [0.15, 0.2) is 0 Å². The number of amides is 4. The molecule has 0 aromatic rings. The van der Waals surface area contributed by atoms with Crippen LogP contribution in [-0.2, 0) is 19.2 Å². The van der Waals surface area contributed by atoms with Crippen molar-refractivity contribution in [3.63, 3.8) is 0 Å². The van der Waals surface area contributed by atoms with Crippen LogP contribution >= 0.6 is 0 Å². The standard InChI is InChI=1S/C24H38N4O4/c1-4-5-12-17-20(29)27-24(2,3)23(32)26-18(15-16-10-7-6-8-11-16)22(31)28-14-9-13-19(28)21(30)25-17/h4,16-19H,1,5-15H2,2-3H3,(H,25,30)(H,26,32)(H,27,29)/t17-,18-,19+/m0/s1. The van der Waals surface area contributed by atoms with Gasteiger partial charge in [0.25, 0.3) is 0 Å². The van der Waals surface area contributed by atoms with Crippen molar-refractivity contribution in [1.29, 1.82) is 0 Å². The lowest BCUT2D eigenvalue weighted by Gasteiger charge is -2.36. The van der Waals surface area contributed by atoms with E-state index in [1.807, 2.05) is 0 Å². The highest BCUT2D eigenvalue weighted by Gasteiger charge is 2.42. The van der Waals surface area contributed by atoms with Crippen LogP contribution in [0.5, 0.6) is 0 Å². The van der Waals surface area contributed by atoms with Crippen LogP contribution in [0, 0.1) is 5.92 Å². The Morgan fingerprint density at radius 1 is 0.969 bits per heavy atom. The van der Waals surface area contributed by atoms with Gasteiger partial charge in [0, 0.05) is 6.54 Å². The average molecular weight is 447 g/mol. The summed E-state index contributed by atoms with van der Waals surface area (Å²) in [4.78, 5) is 54.4. The molecule has 1 aliphatic carbocycles. The highest BCUT2D eigenvalue weighted by molar-refractivity contribution is 5.99. The Balaban J connectivity index is 1.89. The van der Waals surface area contributed by atoms with Crippen LogP contribution in [0.3, 0.4) is 0 Å². The molecule has 2 saturated heterocycles. The zero-order chi connectivity index (χ0) is 23.3. The van der Waals surface area contributed by atoms with Crippen molar-refractivity contribution in [3.05, 3.63) is 12.7 Å². The zero-order valence-electron chi connectivity index (χ0n) is 19.5. The summed E-state index contributed by atoms with van der Waals surface area (Å²) in [6.45, 7) is 7.43. The summed E-state index contributed by atoms with van der Waals surface area (Å²) in [5.74, 6) is -0.902. The maximum Gasteiger partial charge on any atom is 0.245 e. The number of nitrogens with zero attached hydrogens (tertiary/aromatic N) is 1. The Hall–Kier alpha value is -2.38. The summed E-state index contributed by atoms with van der Waals surface area (Å²) in [6.07, 6.45) is 10.1. The molecule has 0 spiro atoms. The molecular formula is C24H38N4O4. The average Bonchev–Trinajstić information content (AvgIpc) is 3.25. The second-order valence-corrected chi connectivity index (χ2v) is 10.00. The highest BCUT2D eigenvalue weighted by Crippen LogP contribution is 2.29. The molecule has 3 atom stereocenters. The molecule has 2 aliphatic heterocycles. The molecule has 4 amide bonds. The number of carbonyl (C=O) groups is 4. The zero-order valence-corrected chi connectivity index (χ0v) is 19.5. The first-order valence-corrected chi connectivity index (χ1v) is 12.1. The molecule has 178 valence electrons. The van der Waals surface area contributed by atoms with E-state index in [1.54, 1.807) is 24.8 Å². The molecule has 3 rings (SSSR count). The van der Waals surface area contributed by atoms with Crippen molar-refractivity contribution in [3.8, 4) is 0 Å². The molecule has 2 heterocycles. The van der Waals surface area contributed by atoms with Crippen molar-refractivity contribution in [1.82, 2.24) is 20.9 Å². The van der Waals surface area contributed by atoms with E-state index in [2.05, 4.69) is 22.5 Å². The van der Waals surface area contributed by atoms with Crippen LogP contribution in [0.4, 0.5) is 0 Å². The third-order valence-electron chi connectivity index (χ3n) is 7.03. The van der Waals surface area contributed by atoms with Crippen LogP contribution in [0.25, 0.3) is 0 Å². The summed E-state index contributed by atoms with van der Waals surface area (Å²) < 4.78 is 0. The highest BCUT2D eigenvalue weighted by atomic mass is 16.2. The van der Waals surface area contributed by atoms with Crippen molar-refractivity contribution in [2.75, 3.05) is 6.54 Å². The van der Waals surface area contributed by atoms with E-state index >= 15 is 0 Å². The van der Waals surface area contributed by atoms with Gasteiger partial charge in [-0.1, -0.05) is 38.2 Å². The predicted octanol–water partition coefficient (Wildman–Crippen LogP) is 1.79. The van der Waals surface area contributed by atoms with Crippen LogP contribution in [0.2, 0.25) is 0 Å². The number of hydrogen-bond donors (Lipinski definition) is 3. The van der Waals surface area contributed by atoms with Crippen LogP contribution in [-0.4, -0.2) is 58.7 Å². The molecule has 32 heavy (non-hydrogen) atoms. The maximum atomic E-state index is 13.6. The molecular weight excluding hydrogens is 408 g/mol. The van der Waals surface area contributed by atoms with Gasteiger partial charge < -0.3 is 20.9 Å². The molecule has 0 bridgehead atoms. The third-order valence-corrected chi connectivity index (χ3v) is 7.03. The number of fused-ring (bicyclic) bond motifs is 1. The first-order valence-electron chi connectivity index (χ1n) is 12.1. The van der Waals surface area contributed by atoms with Crippen LogP contribution in [0.1, 0.15) is 78.1 Å². The fourth-order valence-electron chi connectivity index (χ4n) is 5.09. The molecule has 1 saturated carbocycles. The van der Waals surface area contributed by atoms with Gasteiger partial charge in [-0.15, -0.1) is 6.58 Å². The molecule has 0 aromatic carbocycles. The second kappa shape index (κ2) is 10.5. The van der Waals surface area contributed by atoms with Crippen molar-refractivity contribution in [2.45, 2.75) is 102 Å². The van der Waals surface area contributed by atoms with Gasteiger partial charge in [-0.25, -0.2) is 0 Å². The number of hydrogen-bond acceptors (Lipinski definition) is 4. The van der Waals surface area contributed by atoms with E-state index in [0.717, 1.165) is 32.1 Å². The Bertz CT molecular complexity index is 744. The van der Waals surface area contributed by atoms with Gasteiger partial charge in [-0.3, -0.25) is 19.2 Å². The smallest absolute Gasteiger partial charge is 0.245 e. The lowest BCUT2D eigenvalue weighted by Crippen LogP contribution is -2.64. The summed E-state index contributed by atoms with van der Waals surface area (Å²) in [5.41, 5.74) is -1.22. The lowest BCUT2D eigenvalue weighted by molar-refractivity contribution is -0.144. The number of rotatable bonds is 5. The van der Waals surface area contributed by atoms with Gasteiger partial charge in [-0.2, -0.15) is 0 Å². The SMILES string of the molecule is C=CCC[C@@H]1NC(=O)[C@H]2CCCN2C(=O)[C@H](CC2CCCCC2)NC(=O)C(C)(C)NC1=O. The summed E-state index contributed by atoms with van der Waals surface area (Å²) >= 11 is 0. The molecule has 8 heteroatoms. The molecule has 0 radical (unpaired) electrons. The molecule has 3 aliphatic rings. The van der Waals surface area contributed by atoms with E-state index in [9.17, 15) is 19.2 Å². The van der Waals surface area contributed by atoms with E-state index in [4.69, 9.17) is 0 Å². The minimum atomic E-state index is -1.22.